The molecule has 1 aliphatic rings. The number of rotatable bonds is 5. The van der Waals surface area contributed by atoms with Crippen molar-refractivity contribution >= 4 is 15.9 Å². The first kappa shape index (κ1) is 15.4. The van der Waals surface area contributed by atoms with Crippen LogP contribution >= 0.6 is 15.9 Å². The smallest absolute Gasteiger partial charge is 0.137 e. The van der Waals surface area contributed by atoms with Crippen LogP contribution in [0.5, 0.6) is 11.5 Å². The SMILES string of the molecule is C=C[C@H](c1cc(OC)c(Br)c(OC)c1)N1CCNCC1. The Morgan fingerprint density at radius 2 is 1.80 bits per heavy atom. The first-order chi connectivity index (χ1) is 9.71. The lowest BCUT2D eigenvalue weighted by Gasteiger charge is -2.33. The van der Waals surface area contributed by atoms with Gasteiger partial charge in [-0.1, -0.05) is 6.08 Å². The van der Waals surface area contributed by atoms with E-state index < -0.39 is 0 Å². The quantitative estimate of drug-likeness (QED) is 0.835. The zero-order valence-electron chi connectivity index (χ0n) is 12.0. The van der Waals surface area contributed by atoms with Crippen molar-refractivity contribution in [3.05, 3.63) is 34.8 Å². The lowest BCUT2D eigenvalue weighted by molar-refractivity contribution is 0.203. The Kier molecular flexibility index (Phi) is 5.46. The van der Waals surface area contributed by atoms with Crippen LogP contribution in [-0.4, -0.2) is 45.3 Å². The summed E-state index contributed by atoms with van der Waals surface area (Å²) in [5, 5.41) is 3.37. The molecular formula is C15H21BrN2O2. The maximum atomic E-state index is 5.42. The molecule has 1 aromatic carbocycles. The van der Waals surface area contributed by atoms with Gasteiger partial charge in [-0.25, -0.2) is 0 Å². The second-order valence-electron chi connectivity index (χ2n) is 4.71. The molecule has 0 amide bonds. The van der Waals surface area contributed by atoms with Crippen LogP contribution in [0.2, 0.25) is 0 Å². The zero-order chi connectivity index (χ0) is 14.5. The highest BCUT2D eigenvalue weighted by molar-refractivity contribution is 9.10. The van der Waals surface area contributed by atoms with Crippen LogP contribution in [0.25, 0.3) is 0 Å². The summed E-state index contributed by atoms with van der Waals surface area (Å²) in [5.74, 6) is 1.56. The number of benzene rings is 1. The number of nitrogens with zero attached hydrogens (tertiary/aromatic N) is 1. The zero-order valence-corrected chi connectivity index (χ0v) is 13.6. The van der Waals surface area contributed by atoms with Crippen molar-refractivity contribution < 1.29 is 9.47 Å². The van der Waals surface area contributed by atoms with Crippen molar-refractivity contribution in [3.63, 3.8) is 0 Å². The van der Waals surface area contributed by atoms with Crippen LogP contribution in [0.1, 0.15) is 11.6 Å². The summed E-state index contributed by atoms with van der Waals surface area (Å²) in [6, 6.07) is 4.26. The standard InChI is InChI=1S/C15H21BrN2O2/c1-4-12(18-7-5-17-6-8-18)11-9-13(19-2)15(16)14(10-11)20-3/h4,9-10,12,17H,1,5-8H2,2-3H3/t12-/m1/s1. The average Bonchev–Trinajstić information content (AvgIpc) is 2.50. The second-order valence-corrected chi connectivity index (χ2v) is 5.50. The molecule has 5 heteroatoms. The molecule has 2 rings (SSSR count). The average molecular weight is 341 g/mol. The monoisotopic (exact) mass is 340 g/mol. The Morgan fingerprint density at radius 1 is 1.25 bits per heavy atom. The Balaban J connectivity index is 2.35. The minimum Gasteiger partial charge on any atom is -0.495 e. The molecule has 0 bridgehead atoms. The second kappa shape index (κ2) is 7.11. The number of hydrogen-bond acceptors (Lipinski definition) is 4. The lowest BCUT2D eigenvalue weighted by Crippen LogP contribution is -2.44. The highest BCUT2D eigenvalue weighted by Crippen LogP contribution is 2.38. The molecule has 1 fully saturated rings. The van der Waals surface area contributed by atoms with Gasteiger partial charge in [0.1, 0.15) is 16.0 Å². The minimum atomic E-state index is 0.174. The van der Waals surface area contributed by atoms with Gasteiger partial charge in [-0.15, -0.1) is 6.58 Å². The first-order valence-electron chi connectivity index (χ1n) is 6.70. The van der Waals surface area contributed by atoms with E-state index in [0.717, 1.165) is 47.7 Å². The molecule has 1 N–H and O–H groups in total. The fourth-order valence-electron chi connectivity index (χ4n) is 2.52. The minimum absolute atomic E-state index is 0.174. The molecule has 0 unspecified atom stereocenters. The van der Waals surface area contributed by atoms with Crippen molar-refractivity contribution in [2.45, 2.75) is 6.04 Å². The number of hydrogen-bond donors (Lipinski definition) is 1. The summed E-state index contributed by atoms with van der Waals surface area (Å²) in [6.07, 6.45) is 1.98. The van der Waals surface area contributed by atoms with Gasteiger partial charge in [0.2, 0.25) is 0 Å². The number of halogens is 1. The molecule has 20 heavy (non-hydrogen) atoms. The highest BCUT2D eigenvalue weighted by atomic mass is 79.9. The third-order valence-electron chi connectivity index (χ3n) is 3.58. The molecule has 0 aliphatic carbocycles. The predicted molar refractivity (Wildman–Crippen MR) is 84.6 cm³/mol. The van der Waals surface area contributed by atoms with Gasteiger partial charge >= 0.3 is 0 Å². The third-order valence-corrected chi connectivity index (χ3v) is 4.36. The molecule has 1 heterocycles. The van der Waals surface area contributed by atoms with E-state index >= 15 is 0 Å². The summed E-state index contributed by atoms with van der Waals surface area (Å²) in [4.78, 5) is 2.41. The molecule has 0 spiro atoms. The van der Waals surface area contributed by atoms with Crippen molar-refractivity contribution in [3.8, 4) is 11.5 Å². The van der Waals surface area contributed by atoms with Crippen LogP contribution in [0.3, 0.4) is 0 Å². The first-order valence-corrected chi connectivity index (χ1v) is 7.49. The van der Waals surface area contributed by atoms with Crippen molar-refractivity contribution in [1.29, 1.82) is 0 Å². The fraction of sp³-hybridized carbons (Fsp3) is 0.467. The van der Waals surface area contributed by atoms with Crippen LogP contribution in [0.15, 0.2) is 29.3 Å². The van der Waals surface area contributed by atoms with Gasteiger partial charge < -0.3 is 14.8 Å². The number of nitrogens with one attached hydrogen (secondary N) is 1. The molecule has 1 aliphatic heterocycles. The Labute approximate surface area is 128 Å². The van der Waals surface area contributed by atoms with Crippen LogP contribution in [0.4, 0.5) is 0 Å². The lowest BCUT2D eigenvalue weighted by atomic mass is 10.0. The fourth-order valence-corrected chi connectivity index (χ4v) is 3.07. The summed E-state index contributed by atoms with van der Waals surface area (Å²) in [7, 11) is 3.33. The molecule has 110 valence electrons. The van der Waals surface area contributed by atoms with E-state index in [4.69, 9.17) is 9.47 Å². The van der Waals surface area contributed by atoms with E-state index in [1.165, 1.54) is 0 Å². The van der Waals surface area contributed by atoms with Gasteiger partial charge in [0.05, 0.1) is 20.3 Å². The summed E-state index contributed by atoms with van der Waals surface area (Å²) < 4.78 is 11.7. The topological polar surface area (TPSA) is 33.7 Å². The third kappa shape index (κ3) is 3.16. The van der Waals surface area contributed by atoms with Gasteiger partial charge in [0.25, 0.3) is 0 Å². The Bertz CT molecular complexity index is 448. The van der Waals surface area contributed by atoms with Gasteiger partial charge in [0.15, 0.2) is 0 Å². The van der Waals surface area contributed by atoms with Gasteiger partial charge in [-0.2, -0.15) is 0 Å². The van der Waals surface area contributed by atoms with Crippen LogP contribution in [0, 0.1) is 0 Å². The van der Waals surface area contributed by atoms with Crippen LogP contribution in [-0.2, 0) is 0 Å². The van der Waals surface area contributed by atoms with Crippen LogP contribution < -0.4 is 14.8 Å². The van der Waals surface area contributed by atoms with Gasteiger partial charge in [-0.05, 0) is 33.6 Å². The largest absolute Gasteiger partial charge is 0.495 e. The molecule has 0 saturated carbocycles. The molecular weight excluding hydrogens is 320 g/mol. The molecule has 1 aromatic rings. The van der Waals surface area contributed by atoms with E-state index in [9.17, 15) is 0 Å². The highest BCUT2D eigenvalue weighted by Gasteiger charge is 2.22. The van der Waals surface area contributed by atoms with Crippen molar-refractivity contribution in [2.24, 2.45) is 0 Å². The molecule has 0 aromatic heterocycles. The van der Waals surface area contributed by atoms with Gasteiger partial charge in [0, 0.05) is 26.2 Å². The predicted octanol–water partition coefficient (Wildman–Crippen LogP) is 2.60. The van der Waals surface area contributed by atoms with E-state index in [-0.39, 0.29) is 6.04 Å². The summed E-state index contributed by atoms with van der Waals surface area (Å²) >= 11 is 3.50. The molecule has 1 atom stereocenters. The summed E-state index contributed by atoms with van der Waals surface area (Å²) in [6.45, 7) is 8.03. The van der Waals surface area contributed by atoms with E-state index in [1.54, 1.807) is 14.2 Å². The molecule has 1 saturated heterocycles. The Hall–Kier alpha value is -1.04. The number of ether oxygens (including phenoxy) is 2. The maximum absolute atomic E-state index is 5.42. The maximum Gasteiger partial charge on any atom is 0.137 e. The molecule has 4 nitrogen and oxygen atoms in total. The number of piperazine rings is 1. The van der Waals surface area contributed by atoms with E-state index in [0.29, 0.717) is 0 Å². The normalized spacial score (nSPS) is 17.6. The molecule has 0 radical (unpaired) electrons. The van der Waals surface area contributed by atoms with E-state index in [2.05, 4.69) is 32.7 Å². The van der Waals surface area contributed by atoms with E-state index in [1.807, 2.05) is 18.2 Å². The van der Waals surface area contributed by atoms with Gasteiger partial charge in [-0.3, -0.25) is 4.90 Å². The van der Waals surface area contributed by atoms with Crippen molar-refractivity contribution in [1.82, 2.24) is 10.2 Å². The number of methoxy groups -OCH3 is 2. The van der Waals surface area contributed by atoms with Crippen molar-refractivity contribution in [2.75, 3.05) is 40.4 Å². The Morgan fingerprint density at radius 3 is 2.25 bits per heavy atom. The summed E-state index contributed by atoms with van der Waals surface area (Å²) in [5.41, 5.74) is 1.14.